The van der Waals surface area contributed by atoms with Gasteiger partial charge in [-0.25, -0.2) is 0 Å². The molecule has 16 heavy (non-hydrogen) atoms. The number of likely N-dealkylation sites (tertiary alicyclic amines) is 1. The second-order valence-electron chi connectivity index (χ2n) is 4.23. The number of halogens is 1. The fourth-order valence-electron chi connectivity index (χ4n) is 1.93. The van der Waals surface area contributed by atoms with E-state index in [0.717, 1.165) is 37.2 Å². The molecule has 0 aromatic carbocycles. The van der Waals surface area contributed by atoms with E-state index in [9.17, 15) is 4.79 Å². The minimum Gasteiger partial charge on any atom is -0.338 e. The molecule has 2 rings (SSSR count). The van der Waals surface area contributed by atoms with Gasteiger partial charge in [-0.05, 0) is 19.8 Å². The molecular formula is C11H16BrN3O. The Morgan fingerprint density at radius 3 is 2.62 bits per heavy atom. The van der Waals surface area contributed by atoms with Crippen LogP contribution in [0, 0.1) is 6.92 Å². The average Bonchev–Trinajstić information content (AvgIpc) is 2.60. The van der Waals surface area contributed by atoms with Crippen LogP contribution in [0.4, 0.5) is 0 Å². The first kappa shape index (κ1) is 11.6. The highest BCUT2D eigenvalue weighted by atomic mass is 79.9. The number of piperidine rings is 1. The topological polar surface area (TPSA) is 38.1 Å². The van der Waals surface area contributed by atoms with Crippen molar-refractivity contribution in [2.45, 2.75) is 24.6 Å². The number of carbonyl (C=O) groups excluding carboxylic acids is 1. The summed E-state index contributed by atoms with van der Waals surface area (Å²) < 4.78 is 1.74. The Bertz CT molecular complexity index is 394. The van der Waals surface area contributed by atoms with Crippen molar-refractivity contribution in [3.8, 4) is 0 Å². The molecule has 5 heteroatoms. The van der Waals surface area contributed by atoms with Gasteiger partial charge in [0.1, 0.15) is 0 Å². The van der Waals surface area contributed by atoms with E-state index in [-0.39, 0.29) is 5.91 Å². The Balaban J connectivity index is 2.11. The van der Waals surface area contributed by atoms with Gasteiger partial charge in [-0.1, -0.05) is 15.9 Å². The van der Waals surface area contributed by atoms with Crippen LogP contribution in [0.5, 0.6) is 0 Å². The van der Waals surface area contributed by atoms with Crippen molar-refractivity contribution in [1.29, 1.82) is 0 Å². The van der Waals surface area contributed by atoms with Crippen LogP contribution in [0.1, 0.15) is 28.9 Å². The van der Waals surface area contributed by atoms with Crippen LogP contribution in [0.25, 0.3) is 0 Å². The highest BCUT2D eigenvalue weighted by molar-refractivity contribution is 9.09. The zero-order valence-electron chi connectivity index (χ0n) is 9.61. The summed E-state index contributed by atoms with van der Waals surface area (Å²) in [5, 5.41) is 4.11. The van der Waals surface area contributed by atoms with Gasteiger partial charge < -0.3 is 4.90 Å². The van der Waals surface area contributed by atoms with E-state index < -0.39 is 0 Å². The predicted octanol–water partition coefficient (Wildman–Crippen LogP) is 1.73. The minimum absolute atomic E-state index is 0.116. The standard InChI is InChI=1S/C11H16BrN3O/c1-8-10(7-13-14(8)2)11(16)15-5-3-9(12)4-6-15/h7,9H,3-6H2,1-2H3. The first-order valence-electron chi connectivity index (χ1n) is 5.51. The molecule has 1 saturated heterocycles. The second-order valence-corrected chi connectivity index (χ2v) is 5.53. The summed E-state index contributed by atoms with van der Waals surface area (Å²) in [6, 6.07) is 0. The molecule has 2 heterocycles. The number of alkyl halides is 1. The van der Waals surface area contributed by atoms with E-state index >= 15 is 0 Å². The predicted molar refractivity (Wildman–Crippen MR) is 65.8 cm³/mol. The highest BCUT2D eigenvalue weighted by Crippen LogP contribution is 2.19. The fourth-order valence-corrected chi connectivity index (χ4v) is 2.34. The Morgan fingerprint density at radius 1 is 1.50 bits per heavy atom. The molecule has 0 aliphatic carbocycles. The number of aryl methyl sites for hydroxylation is 1. The van der Waals surface area contributed by atoms with Gasteiger partial charge in [-0.3, -0.25) is 9.48 Å². The Morgan fingerprint density at radius 2 is 2.12 bits per heavy atom. The number of aromatic nitrogens is 2. The Hall–Kier alpha value is -0.840. The number of amides is 1. The summed E-state index contributed by atoms with van der Waals surface area (Å²) in [4.78, 5) is 14.7. The third-order valence-corrected chi connectivity index (χ3v) is 4.09. The molecule has 1 fully saturated rings. The van der Waals surface area contributed by atoms with Gasteiger partial charge >= 0.3 is 0 Å². The van der Waals surface area contributed by atoms with Crippen LogP contribution in [-0.4, -0.2) is 38.5 Å². The molecule has 1 aromatic rings. The number of hydrogen-bond donors (Lipinski definition) is 0. The normalized spacial score (nSPS) is 17.8. The van der Waals surface area contributed by atoms with E-state index in [2.05, 4.69) is 21.0 Å². The largest absolute Gasteiger partial charge is 0.338 e. The summed E-state index contributed by atoms with van der Waals surface area (Å²) in [5.74, 6) is 0.116. The molecule has 4 nitrogen and oxygen atoms in total. The number of rotatable bonds is 1. The molecule has 1 amide bonds. The molecule has 0 spiro atoms. The first-order valence-corrected chi connectivity index (χ1v) is 6.43. The maximum Gasteiger partial charge on any atom is 0.257 e. The summed E-state index contributed by atoms with van der Waals surface area (Å²) in [6.07, 6.45) is 3.73. The van der Waals surface area contributed by atoms with Gasteiger partial charge in [-0.2, -0.15) is 5.10 Å². The fraction of sp³-hybridized carbons (Fsp3) is 0.636. The summed E-state index contributed by atoms with van der Waals surface area (Å²) in [6.45, 7) is 3.60. The molecule has 0 atom stereocenters. The Labute approximate surface area is 104 Å². The smallest absolute Gasteiger partial charge is 0.257 e. The highest BCUT2D eigenvalue weighted by Gasteiger charge is 2.24. The first-order chi connectivity index (χ1) is 7.59. The molecule has 0 bridgehead atoms. The Kier molecular flexibility index (Phi) is 3.33. The van der Waals surface area contributed by atoms with Crippen LogP contribution in [0.3, 0.4) is 0 Å². The molecule has 1 aromatic heterocycles. The zero-order chi connectivity index (χ0) is 11.7. The third-order valence-electron chi connectivity index (χ3n) is 3.18. The van der Waals surface area contributed by atoms with Crippen LogP contribution in [0.2, 0.25) is 0 Å². The SMILES string of the molecule is Cc1c(C(=O)N2CCC(Br)CC2)cnn1C. The molecule has 1 aliphatic heterocycles. The number of nitrogens with zero attached hydrogens (tertiary/aromatic N) is 3. The van der Waals surface area contributed by atoms with Gasteiger partial charge in [0.25, 0.3) is 5.91 Å². The number of hydrogen-bond acceptors (Lipinski definition) is 2. The van der Waals surface area contributed by atoms with Crippen LogP contribution >= 0.6 is 15.9 Å². The van der Waals surface area contributed by atoms with E-state index in [4.69, 9.17) is 0 Å². The van der Waals surface area contributed by atoms with Crippen LogP contribution in [0.15, 0.2) is 6.20 Å². The van der Waals surface area contributed by atoms with Gasteiger partial charge in [0.15, 0.2) is 0 Å². The average molecular weight is 286 g/mol. The van der Waals surface area contributed by atoms with Crippen LogP contribution in [-0.2, 0) is 7.05 Å². The quantitative estimate of drug-likeness (QED) is 0.737. The van der Waals surface area contributed by atoms with Gasteiger partial charge in [0, 0.05) is 30.7 Å². The van der Waals surface area contributed by atoms with Crippen molar-refractivity contribution in [3.63, 3.8) is 0 Å². The van der Waals surface area contributed by atoms with E-state index in [1.165, 1.54) is 0 Å². The maximum atomic E-state index is 12.2. The zero-order valence-corrected chi connectivity index (χ0v) is 11.2. The lowest BCUT2D eigenvalue weighted by atomic mass is 10.1. The van der Waals surface area contributed by atoms with Crippen LogP contribution < -0.4 is 0 Å². The lowest BCUT2D eigenvalue weighted by Gasteiger charge is -2.29. The molecule has 0 unspecified atom stereocenters. The number of carbonyl (C=O) groups is 1. The molecule has 0 N–H and O–H groups in total. The lowest BCUT2D eigenvalue weighted by molar-refractivity contribution is 0.0727. The van der Waals surface area contributed by atoms with E-state index in [1.54, 1.807) is 10.9 Å². The van der Waals surface area contributed by atoms with Crippen molar-refractivity contribution in [1.82, 2.24) is 14.7 Å². The molecule has 0 radical (unpaired) electrons. The minimum atomic E-state index is 0.116. The maximum absolute atomic E-state index is 12.2. The summed E-state index contributed by atoms with van der Waals surface area (Å²) in [5.41, 5.74) is 1.67. The summed E-state index contributed by atoms with van der Waals surface area (Å²) in [7, 11) is 1.86. The van der Waals surface area contributed by atoms with Crippen molar-refractivity contribution < 1.29 is 4.79 Å². The van der Waals surface area contributed by atoms with Gasteiger partial charge in [0.2, 0.25) is 0 Å². The monoisotopic (exact) mass is 285 g/mol. The van der Waals surface area contributed by atoms with E-state index in [0.29, 0.717) is 4.83 Å². The van der Waals surface area contributed by atoms with E-state index in [1.807, 2.05) is 18.9 Å². The molecule has 88 valence electrons. The summed E-state index contributed by atoms with van der Waals surface area (Å²) >= 11 is 3.59. The van der Waals surface area contributed by atoms with Crippen molar-refractivity contribution >= 4 is 21.8 Å². The van der Waals surface area contributed by atoms with Gasteiger partial charge in [0.05, 0.1) is 11.8 Å². The third kappa shape index (κ3) is 2.14. The van der Waals surface area contributed by atoms with Crippen molar-refractivity contribution in [2.75, 3.05) is 13.1 Å². The van der Waals surface area contributed by atoms with Gasteiger partial charge in [-0.15, -0.1) is 0 Å². The molecule has 1 aliphatic rings. The van der Waals surface area contributed by atoms with Crippen molar-refractivity contribution in [2.24, 2.45) is 7.05 Å². The second kappa shape index (κ2) is 4.57. The van der Waals surface area contributed by atoms with Crippen molar-refractivity contribution in [3.05, 3.63) is 17.5 Å². The lowest BCUT2D eigenvalue weighted by Crippen LogP contribution is -2.38. The molecule has 0 saturated carbocycles. The molecular weight excluding hydrogens is 270 g/mol.